The van der Waals surface area contributed by atoms with Crippen LogP contribution >= 0.6 is 35.2 Å². The molecule has 1 atom stereocenters. The summed E-state index contributed by atoms with van der Waals surface area (Å²) in [5.74, 6) is 0. The molecule has 4 rings (SSSR count). The average molecular weight is 321 g/mol. The molecule has 1 N–H and O–H groups in total. The summed E-state index contributed by atoms with van der Waals surface area (Å²) in [6.45, 7) is 0. The largest absolute Gasteiger partial charge is 0.331 e. The van der Waals surface area contributed by atoms with E-state index in [0.29, 0.717) is 6.04 Å². The number of fused-ring (bicyclic) bond motifs is 2. The van der Waals surface area contributed by atoms with Gasteiger partial charge in [-0.2, -0.15) is 0 Å². The van der Waals surface area contributed by atoms with Crippen molar-refractivity contribution >= 4 is 46.2 Å². The number of rotatable bonds is 1. The lowest BCUT2D eigenvalue weighted by atomic mass is 9.94. The van der Waals surface area contributed by atoms with Gasteiger partial charge in [-0.1, -0.05) is 11.6 Å². The number of benzene rings is 1. The molecule has 0 spiro atoms. The van der Waals surface area contributed by atoms with Gasteiger partial charge in [0.2, 0.25) is 0 Å². The zero-order chi connectivity index (χ0) is 13.7. The van der Waals surface area contributed by atoms with Crippen molar-refractivity contribution in [2.45, 2.75) is 25.3 Å². The molecule has 2 aromatic heterocycles. The van der Waals surface area contributed by atoms with Crippen LogP contribution in [0.25, 0.3) is 11.0 Å². The SMILES string of the molecule is S=c1[nH]c2cc(Cl)ccc2n1C1CCCc2sccc21. The van der Waals surface area contributed by atoms with E-state index in [1.54, 1.807) is 0 Å². The van der Waals surface area contributed by atoms with E-state index in [2.05, 4.69) is 27.1 Å². The Morgan fingerprint density at radius 3 is 3.15 bits per heavy atom. The summed E-state index contributed by atoms with van der Waals surface area (Å²) in [6.07, 6.45) is 3.57. The first-order valence-corrected chi connectivity index (χ1v) is 8.36. The van der Waals surface area contributed by atoms with E-state index >= 15 is 0 Å². The minimum Gasteiger partial charge on any atom is -0.331 e. The van der Waals surface area contributed by atoms with Crippen LogP contribution in [-0.4, -0.2) is 9.55 Å². The predicted molar refractivity (Wildman–Crippen MR) is 87.5 cm³/mol. The smallest absolute Gasteiger partial charge is 0.178 e. The summed E-state index contributed by atoms with van der Waals surface area (Å²) < 4.78 is 3.04. The Bertz CT molecular complexity index is 843. The minimum atomic E-state index is 0.354. The Hall–Kier alpha value is -1.10. The van der Waals surface area contributed by atoms with Crippen LogP contribution in [0.3, 0.4) is 0 Å². The van der Waals surface area contributed by atoms with Crippen LogP contribution in [0, 0.1) is 4.77 Å². The maximum Gasteiger partial charge on any atom is 0.178 e. The van der Waals surface area contributed by atoms with E-state index in [9.17, 15) is 0 Å². The van der Waals surface area contributed by atoms with Crippen molar-refractivity contribution in [3.8, 4) is 0 Å². The van der Waals surface area contributed by atoms with Gasteiger partial charge in [0.05, 0.1) is 17.1 Å². The van der Waals surface area contributed by atoms with Gasteiger partial charge >= 0.3 is 0 Å². The third-order valence-corrected chi connectivity index (χ3v) is 5.54. The second-order valence-corrected chi connectivity index (χ2v) is 6.99. The minimum absolute atomic E-state index is 0.354. The second kappa shape index (κ2) is 4.72. The quantitative estimate of drug-likeness (QED) is 0.600. The normalized spacial score (nSPS) is 18.4. The third-order valence-electron chi connectivity index (χ3n) is 4.01. The van der Waals surface area contributed by atoms with Gasteiger partial charge in [0, 0.05) is 9.90 Å². The van der Waals surface area contributed by atoms with Gasteiger partial charge < -0.3 is 9.55 Å². The zero-order valence-electron chi connectivity index (χ0n) is 10.7. The summed E-state index contributed by atoms with van der Waals surface area (Å²) >= 11 is 13.5. The second-order valence-electron chi connectivity index (χ2n) is 5.17. The Morgan fingerprint density at radius 1 is 1.35 bits per heavy atom. The third kappa shape index (κ3) is 1.86. The van der Waals surface area contributed by atoms with Crippen LogP contribution in [0.5, 0.6) is 0 Å². The lowest BCUT2D eigenvalue weighted by Gasteiger charge is -2.24. The molecule has 0 aliphatic heterocycles. The van der Waals surface area contributed by atoms with E-state index in [4.69, 9.17) is 23.8 Å². The van der Waals surface area contributed by atoms with Crippen molar-refractivity contribution in [2.24, 2.45) is 0 Å². The number of hydrogen-bond acceptors (Lipinski definition) is 2. The van der Waals surface area contributed by atoms with Gasteiger partial charge in [-0.05, 0) is 66.7 Å². The zero-order valence-corrected chi connectivity index (χ0v) is 13.1. The van der Waals surface area contributed by atoms with Crippen LogP contribution in [0.1, 0.15) is 29.3 Å². The molecule has 1 aliphatic carbocycles. The highest BCUT2D eigenvalue weighted by Gasteiger charge is 2.24. The maximum atomic E-state index is 6.07. The van der Waals surface area contributed by atoms with Crippen LogP contribution < -0.4 is 0 Å². The Morgan fingerprint density at radius 2 is 2.25 bits per heavy atom. The molecular weight excluding hydrogens is 308 g/mol. The van der Waals surface area contributed by atoms with Gasteiger partial charge in [0.15, 0.2) is 4.77 Å². The van der Waals surface area contributed by atoms with Crippen molar-refractivity contribution in [2.75, 3.05) is 0 Å². The van der Waals surface area contributed by atoms with Crippen LogP contribution in [-0.2, 0) is 6.42 Å². The fraction of sp³-hybridized carbons (Fsp3) is 0.267. The first kappa shape index (κ1) is 12.6. The van der Waals surface area contributed by atoms with E-state index in [1.807, 2.05) is 23.5 Å². The summed E-state index contributed by atoms with van der Waals surface area (Å²) in [5, 5.41) is 2.93. The average Bonchev–Trinajstić information content (AvgIpc) is 3.01. The van der Waals surface area contributed by atoms with Crippen molar-refractivity contribution in [3.05, 3.63) is 49.9 Å². The number of imidazole rings is 1. The van der Waals surface area contributed by atoms with Gasteiger partial charge in [-0.15, -0.1) is 11.3 Å². The molecule has 102 valence electrons. The van der Waals surface area contributed by atoms with Crippen LogP contribution in [0.4, 0.5) is 0 Å². The van der Waals surface area contributed by atoms with E-state index < -0.39 is 0 Å². The topological polar surface area (TPSA) is 20.7 Å². The first-order valence-electron chi connectivity index (χ1n) is 6.70. The van der Waals surface area contributed by atoms with Crippen molar-refractivity contribution in [1.82, 2.24) is 9.55 Å². The number of thiophene rings is 1. The van der Waals surface area contributed by atoms with E-state index in [1.165, 1.54) is 23.3 Å². The number of hydrogen-bond donors (Lipinski definition) is 1. The van der Waals surface area contributed by atoms with Crippen LogP contribution in [0.15, 0.2) is 29.6 Å². The van der Waals surface area contributed by atoms with Crippen molar-refractivity contribution < 1.29 is 0 Å². The highest BCUT2D eigenvalue weighted by Crippen LogP contribution is 2.38. The molecule has 0 fully saturated rings. The molecule has 5 heteroatoms. The van der Waals surface area contributed by atoms with Gasteiger partial charge in [0.25, 0.3) is 0 Å². The van der Waals surface area contributed by atoms with Crippen molar-refractivity contribution in [1.29, 1.82) is 0 Å². The molecule has 3 aromatic rings. The Balaban J connectivity index is 1.96. The van der Waals surface area contributed by atoms with Gasteiger partial charge in [-0.3, -0.25) is 0 Å². The monoisotopic (exact) mass is 320 g/mol. The predicted octanol–water partition coefficient (Wildman–Crippen LogP) is 5.34. The Labute approximate surface area is 131 Å². The molecule has 2 nitrogen and oxygen atoms in total. The summed E-state index contributed by atoms with van der Waals surface area (Å²) in [5.41, 5.74) is 3.60. The molecule has 20 heavy (non-hydrogen) atoms. The molecule has 0 radical (unpaired) electrons. The maximum absolute atomic E-state index is 6.07. The fourth-order valence-electron chi connectivity index (χ4n) is 3.14. The summed E-state index contributed by atoms with van der Waals surface area (Å²) in [6, 6.07) is 8.54. The fourth-order valence-corrected chi connectivity index (χ4v) is 4.63. The highest BCUT2D eigenvalue weighted by molar-refractivity contribution is 7.71. The standard InChI is InChI=1S/C15H13ClN2S2/c16-9-4-5-13-11(8-9)17-15(19)18(13)12-2-1-3-14-10(12)6-7-20-14/h4-8,12H,1-3H2,(H,17,19). The number of halogens is 1. The van der Waals surface area contributed by atoms with Gasteiger partial charge in [-0.25, -0.2) is 0 Å². The summed E-state index contributed by atoms with van der Waals surface area (Å²) in [7, 11) is 0. The lowest BCUT2D eigenvalue weighted by Crippen LogP contribution is -2.15. The number of aromatic nitrogens is 2. The molecule has 2 heterocycles. The molecule has 0 amide bonds. The van der Waals surface area contributed by atoms with E-state index in [-0.39, 0.29) is 0 Å². The Kier molecular flexibility index (Phi) is 2.98. The first-order chi connectivity index (χ1) is 9.74. The van der Waals surface area contributed by atoms with E-state index in [0.717, 1.165) is 27.2 Å². The molecule has 1 aliphatic rings. The highest BCUT2D eigenvalue weighted by atomic mass is 35.5. The number of H-pyrrole nitrogens is 1. The molecule has 1 aromatic carbocycles. The summed E-state index contributed by atoms with van der Waals surface area (Å²) in [4.78, 5) is 4.79. The number of nitrogens with zero attached hydrogens (tertiary/aromatic N) is 1. The lowest BCUT2D eigenvalue weighted by molar-refractivity contribution is 0.500. The van der Waals surface area contributed by atoms with Crippen LogP contribution in [0.2, 0.25) is 5.02 Å². The number of aromatic amines is 1. The molecule has 0 saturated heterocycles. The van der Waals surface area contributed by atoms with Gasteiger partial charge in [0.1, 0.15) is 0 Å². The number of nitrogens with one attached hydrogen (secondary N) is 1. The molecule has 1 unspecified atom stereocenters. The van der Waals surface area contributed by atoms with Crippen molar-refractivity contribution in [3.63, 3.8) is 0 Å². The molecule has 0 bridgehead atoms. The number of aryl methyl sites for hydroxylation is 1. The molecule has 0 saturated carbocycles. The molecular formula is C15H13ClN2S2.